The third-order valence-electron chi connectivity index (χ3n) is 3.52. The highest BCUT2D eigenvalue weighted by Gasteiger charge is 2.09. The molecule has 2 aromatic rings. The van der Waals surface area contributed by atoms with Crippen molar-refractivity contribution in [3.8, 4) is 0 Å². The number of benzene rings is 1. The van der Waals surface area contributed by atoms with Gasteiger partial charge in [-0.2, -0.15) is 0 Å². The van der Waals surface area contributed by atoms with Gasteiger partial charge in [-0.05, 0) is 31.5 Å². The van der Waals surface area contributed by atoms with Crippen LogP contribution in [-0.2, 0) is 13.0 Å². The Kier molecular flexibility index (Phi) is 6.10. The Morgan fingerprint density at radius 1 is 1.39 bits per heavy atom. The van der Waals surface area contributed by atoms with Gasteiger partial charge < -0.3 is 10.2 Å². The van der Waals surface area contributed by atoms with Gasteiger partial charge in [0.2, 0.25) is 0 Å². The zero-order chi connectivity index (χ0) is 16.8. The van der Waals surface area contributed by atoms with Crippen molar-refractivity contribution in [3.05, 3.63) is 51.2 Å². The molecule has 0 amide bonds. The Morgan fingerprint density at radius 2 is 2.17 bits per heavy atom. The van der Waals surface area contributed by atoms with Gasteiger partial charge in [-0.3, -0.25) is 4.99 Å². The van der Waals surface area contributed by atoms with Crippen LogP contribution in [0.1, 0.15) is 21.1 Å². The van der Waals surface area contributed by atoms with Crippen LogP contribution in [0.4, 0.5) is 4.39 Å². The fourth-order valence-corrected chi connectivity index (χ4v) is 3.40. The van der Waals surface area contributed by atoms with E-state index in [1.54, 1.807) is 30.5 Å². The highest BCUT2D eigenvalue weighted by atomic mass is 32.1. The predicted octanol–water partition coefficient (Wildman–Crippen LogP) is 3.15. The summed E-state index contributed by atoms with van der Waals surface area (Å²) < 4.78 is 13.3. The molecule has 0 spiro atoms. The average molecular weight is 334 g/mol. The lowest BCUT2D eigenvalue weighted by Crippen LogP contribution is -2.39. The molecular formula is C17H23FN4S. The second-order valence-electron chi connectivity index (χ2n) is 5.45. The Labute approximate surface area is 141 Å². The monoisotopic (exact) mass is 334 g/mol. The van der Waals surface area contributed by atoms with Crippen molar-refractivity contribution in [2.24, 2.45) is 4.99 Å². The van der Waals surface area contributed by atoms with E-state index in [1.807, 2.05) is 31.9 Å². The number of guanidine groups is 1. The summed E-state index contributed by atoms with van der Waals surface area (Å²) in [5, 5.41) is 4.45. The second-order valence-corrected chi connectivity index (χ2v) is 6.74. The van der Waals surface area contributed by atoms with Gasteiger partial charge in [0.25, 0.3) is 0 Å². The zero-order valence-corrected chi connectivity index (χ0v) is 14.9. The molecule has 1 aromatic heterocycles. The molecule has 2 rings (SSSR count). The van der Waals surface area contributed by atoms with Crippen LogP contribution < -0.4 is 5.32 Å². The number of halogens is 1. The molecule has 6 heteroatoms. The maximum absolute atomic E-state index is 13.3. The Balaban J connectivity index is 1.88. The maximum Gasteiger partial charge on any atom is 0.193 e. The Bertz CT molecular complexity index is 681. The number of nitrogens with zero attached hydrogens (tertiary/aromatic N) is 3. The summed E-state index contributed by atoms with van der Waals surface area (Å²) in [6.45, 7) is 5.47. The van der Waals surface area contributed by atoms with Gasteiger partial charge in [0.1, 0.15) is 5.82 Å². The summed E-state index contributed by atoms with van der Waals surface area (Å²) in [6, 6.07) is 6.64. The van der Waals surface area contributed by atoms with E-state index in [-0.39, 0.29) is 5.82 Å². The van der Waals surface area contributed by atoms with Crippen LogP contribution >= 0.6 is 11.3 Å². The average Bonchev–Trinajstić information content (AvgIpc) is 2.81. The van der Waals surface area contributed by atoms with E-state index in [9.17, 15) is 4.39 Å². The van der Waals surface area contributed by atoms with Crippen molar-refractivity contribution < 1.29 is 4.39 Å². The Hall–Kier alpha value is -1.95. The number of aliphatic imine (C=N–C) groups is 1. The summed E-state index contributed by atoms with van der Waals surface area (Å²) in [7, 11) is 3.70. The van der Waals surface area contributed by atoms with E-state index in [4.69, 9.17) is 0 Å². The number of nitrogens with one attached hydrogen (secondary N) is 1. The second kappa shape index (κ2) is 8.06. The van der Waals surface area contributed by atoms with Crippen molar-refractivity contribution >= 4 is 17.3 Å². The fourth-order valence-electron chi connectivity index (χ4n) is 2.46. The van der Waals surface area contributed by atoms with Crippen LogP contribution in [0.15, 0.2) is 29.3 Å². The molecule has 23 heavy (non-hydrogen) atoms. The van der Waals surface area contributed by atoms with Crippen molar-refractivity contribution in [1.29, 1.82) is 0 Å². The van der Waals surface area contributed by atoms with Crippen molar-refractivity contribution in [2.75, 3.05) is 20.6 Å². The van der Waals surface area contributed by atoms with Gasteiger partial charge in [-0.1, -0.05) is 12.1 Å². The van der Waals surface area contributed by atoms with Gasteiger partial charge in [-0.15, -0.1) is 11.3 Å². The molecule has 0 saturated carbocycles. The first-order valence-electron chi connectivity index (χ1n) is 7.58. The van der Waals surface area contributed by atoms with Crippen molar-refractivity contribution in [3.63, 3.8) is 0 Å². The van der Waals surface area contributed by atoms with Crippen LogP contribution in [0, 0.1) is 19.7 Å². The van der Waals surface area contributed by atoms with Crippen LogP contribution in [0.5, 0.6) is 0 Å². The SMILES string of the molecule is CN=C(NCCc1sc(C)nc1C)N(C)Cc1cccc(F)c1. The van der Waals surface area contributed by atoms with Crippen molar-refractivity contribution in [2.45, 2.75) is 26.8 Å². The lowest BCUT2D eigenvalue weighted by molar-refractivity contribution is 0.475. The smallest absolute Gasteiger partial charge is 0.193 e. The van der Waals surface area contributed by atoms with E-state index in [1.165, 1.54) is 10.9 Å². The molecule has 0 aliphatic rings. The van der Waals surface area contributed by atoms with Gasteiger partial charge in [0.15, 0.2) is 5.96 Å². The molecule has 1 N–H and O–H groups in total. The number of thiazole rings is 1. The number of aryl methyl sites for hydroxylation is 2. The standard InChI is InChI=1S/C17H23FN4S/c1-12-16(23-13(2)21-12)8-9-20-17(19-3)22(4)11-14-6-5-7-15(18)10-14/h5-7,10H,8-9,11H2,1-4H3,(H,19,20). The highest BCUT2D eigenvalue weighted by molar-refractivity contribution is 7.11. The Morgan fingerprint density at radius 3 is 2.78 bits per heavy atom. The molecule has 0 radical (unpaired) electrons. The summed E-state index contributed by atoms with van der Waals surface area (Å²) in [4.78, 5) is 12.0. The lowest BCUT2D eigenvalue weighted by Gasteiger charge is -2.22. The van der Waals surface area contributed by atoms with E-state index in [0.29, 0.717) is 6.54 Å². The third-order valence-corrected chi connectivity index (χ3v) is 4.65. The number of rotatable bonds is 5. The molecule has 0 fully saturated rings. The predicted molar refractivity (Wildman–Crippen MR) is 94.5 cm³/mol. The number of hydrogen-bond donors (Lipinski definition) is 1. The molecule has 0 bridgehead atoms. The summed E-state index contributed by atoms with van der Waals surface area (Å²) in [6.07, 6.45) is 0.921. The minimum Gasteiger partial charge on any atom is -0.356 e. The highest BCUT2D eigenvalue weighted by Crippen LogP contribution is 2.17. The first-order valence-corrected chi connectivity index (χ1v) is 8.40. The lowest BCUT2D eigenvalue weighted by atomic mass is 10.2. The normalized spacial score (nSPS) is 11.6. The third kappa shape index (κ3) is 5.03. The van der Waals surface area contributed by atoms with Crippen LogP contribution in [0.2, 0.25) is 0 Å². The van der Waals surface area contributed by atoms with Gasteiger partial charge in [0.05, 0.1) is 10.7 Å². The van der Waals surface area contributed by atoms with E-state index in [0.717, 1.165) is 35.2 Å². The molecule has 0 aliphatic carbocycles. The largest absolute Gasteiger partial charge is 0.356 e. The van der Waals surface area contributed by atoms with Crippen LogP contribution in [-0.4, -0.2) is 36.5 Å². The summed E-state index contributed by atoms with van der Waals surface area (Å²) in [5.41, 5.74) is 2.03. The molecule has 124 valence electrons. The molecule has 1 heterocycles. The molecule has 0 atom stereocenters. The molecule has 1 aromatic carbocycles. The first kappa shape index (κ1) is 17.4. The molecule has 4 nitrogen and oxygen atoms in total. The summed E-state index contributed by atoms with van der Waals surface area (Å²) >= 11 is 1.74. The molecule has 0 saturated heterocycles. The minimum absolute atomic E-state index is 0.213. The summed E-state index contributed by atoms with van der Waals surface area (Å²) in [5.74, 6) is 0.586. The number of hydrogen-bond acceptors (Lipinski definition) is 3. The van der Waals surface area contributed by atoms with Gasteiger partial charge >= 0.3 is 0 Å². The van der Waals surface area contributed by atoms with Crippen LogP contribution in [0.3, 0.4) is 0 Å². The van der Waals surface area contributed by atoms with E-state index < -0.39 is 0 Å². The van der Waals surface area contributed by atoms with Crippen molar-refractivity contribution in [1.82, 2.24) is 15.2 Å². The minimum atomic E-state index is -0.213. The molecule has 0 aliphatic heterocycles. The van der Waals surface area contributed by atoms with Gasteiger partial charge in [0, 0.05) is 38.5 Å². The first-order chi connectivity index (χ1) is 11.0. The topological polar surface area (TPSA) is 40.5 Å². The van der Waals surface area contributed by atoms with E-state index >= 15 is 0 Å². The molecular weight excluding hydrogens is 311 g/mol. The maximum atomic E-state index is 13.3. The fraction of sp³-hybridized carbons (Fsp3) is 0.412. The van der Waals surface area contributed by atoms with E-state index in [2.05, 4.69) is 15.3 Å². The van der Waals surface area contributed by atoms with Gasteiger partial charge in [-0.25, -0.2) is 9.37 Å². The van der Waals surface area contributed by atoms with Crippen LogP contribution in [0.25, 0.3) is 0 Å². The zero-order valence-electron chi connectivity index (χ0n) is 14.1. The number of aromatic nitrogens is 1. The molecule has 0 unspecified atom stereocenters. The quantitative estimate of drug-likeness (QED) is 0.674.